The Labute approximate surface area is 258 Å². The summed E-state index contributed by atoms with van der Waals surface area (Å²) in [5, 5.41) is 23.7. The molecule has 0 radical (unpaired) electrons. The second kappa shape index (κ2) is 16.5. The molecule has 2 fully saturated rings. The summed E-state index contributed by atoms with van der Waals surface area (Å²) < 4.78 is 56.5. The quantitative estimate of drug-likeness (QED) is 0.193. The molecular formula is C31H37F3N4O7. The maximum absolute atomic E-state index is 12.5. The first-order chi connectivity index (χ1) is 21.6. The van der Waals surface area contributed by atoms with Crippen LogP contribution in [0.1, 0.15) is 23.2 Å². The van der Waals surface area contributed by atoms with Gasteiger partial charge in [0.05, 0.1) is 50.9 Å². The molecule has 2 saturated carbocycles. The van der Waals surface area contributed by atoms with Crippen molar-refractivity contribution in [3.05, 3.63) is 66.5 Å². The number of anilines is 2. The normalized spacial score (nSPS) is 20.0. The molecule has 14 heteroatoms. The van der Waals surface area contributed by atoms with E-state index in [-0.39, 0.29) is 23.9 Å². The third kappa shape index (κ3) is 10.4. The van der Waals surface area contributed by atoms with Crippen LogP contribution in [0, 0.1) is 11.8 Å². The lowest BCUT2D eigenvalue weighted by Crippen LogP contribution is -2.60. The van der Waals surface area contributed by atoms with E-state index in [4.69, 9.17) is 24.4 Å². The monoisotopic (exact) mass is 634 g/mol. The molecule has 5 rings (SSSR count). The first-order valence-corrected chi connectivity index (χ1v) is 14.5. The molecule has 2 aliphatic rings. The molecule has 3 aromatic rings. The average molecular weight is 635 g/mol. The zero-order chi connectivity index (χ0) is 32.2. The number of benzene rings is 2. The number of methoxy groups -OCH3 is 1. The third-order valence-electron chi connectivity index (χ3n) is 7.39. The molecule has 0 bridgehead atoms. The van der Waals surface area contributed by atoms with Gasteiger partial charge < -0.3 is 39.8 Å². The predicted octanol–water partition coefficient (Wildman–Crippen LogP) is 3.94. The van der Waals surface area contributed by atoms with E-state index in [2.05, 4.69) is 25.3 Å². The summed E-state index contributed by atoms with van der Waals surface area (Å²) in [6.07, 6.45) is -1.91. The van der Waals surface area contributed by atoms with Gasteiger partial charge in [-0.25, -0.2) is 9.97 Å². The fourth-order valence-corrected chi connectivity index (χ4v) is 4.85. The van der Waals surface area contributed by atoms with Gasteiger partial charge >= 0.3 is 6.36 Å². The van der Waals surface area contributed by atoms with Crippen LogP contribution in [-0.4, -0.2) is 91.3 Å². The molecule has 244 valence electrons. The number of alkyl halides is 3. The van der Waals surface area contributed by atoms with Gasteiger partial charge in [0, 0.05) is 36.5 Å². The van der Waals surface area contributed by atoms with E-state index < -0.39 is 6.36 Å². The maximum atomic E-state index is 12.5. The summed E-state index contributed by atoms with van der Waals surface area (Å²) in [4.78, 5) is 20.9. The molecule has 1 aromatic heterocycles. The third-order valence-corrected chi connectivity index (χ3v) is 7.39. The summed E-state index contributed by atoms with van der Waals surface area (Å²) in [5.74, 6) is 0.771. The number of nitrogens with one attached hydrogen (secondary N) is 2. The highest BCUT2D eigenvalue weighted by Crippen LogP contribution is 2.50. The van der Waals surface area contributed by atoms with Gasteiger partial charge in [0.2, 0.25) is 0 Å². The van der Waals surface area contributed by atoms with Crippen LogP contribution in [0.5, 0.6) is 5.75 Å². The van der Waals surface area contributed by atoms with Crippen LogP contribution in [0.2, 0.25) is 0 Å². The van der Waals surface area contributed by atoms with Crippen LogP contribution >= 0.6 is 0 Å². The van der Waals surface area contributed by atoms with Crippen molar-refractivity contribution in [2.75, 3.05) is 52.0 Å². The molecule has 0 saturated heterocycles. The summed E-state index contributed by atoms with van der Waals surface area (Å²) in [6, 6.07) is 13.9. The minimum absolute atomic E-state index is 0.254. The second-order valence-corrected chi connectivity index (χ2v) is 10.4. The number of aliphatic hydroxyl groups is 2. The summed E-state index contributed by atoms with van der Waals surface area (Å²) >= 11 is 0. The number of nitrogens with zero attached hydrogens (tertiary/aromatic N) is 2. The lowest BCUT2D eigenvalue weighted by molar-refractivity contribution is -0.274. The lowest BCUT2D eigenvalue weighted by Gasteiger charge is -2.54. The number of aliphatic hydroxyl groups excluding tert-OH is 2. The van der Waals surface area contributed by atoms with Gasteiger partial charge in [-0.3, -0.25) is 4.79 Å². The number of aromatic nitrogens is 2. The lowest BCUT2D eigenvalue weighted by atomic mass is 9.56. The number of hydrogen-bond donors (Lipinski definition) is 4. The van der Waals surface area contributed by atoms with E-state index in [0.717, 1.165) is 12.8 Å². The SMILES string of the molecule is COCCOCCOCCNC(=O)c1cccc(-c2cc(Nc3ccc(OC(F)(F)F)cc3)ncn2)c1.OC1C(O)C2CCC12. The largest absolute Gasteiger partial charge is 0.573 e. The zero-order valence-corrected chi connectivity index (χ0v) is 24.7. The Balaban J connectivity index is 0.000000491. The molecule has 45 heavy (non-hydrogen) atoms. The van der Waals surface area contributed by atoms with Crippen molar-refractivity contribution >= 4 is 17.4 Å². The molecule has 11 nitrogen and oxygen atoms in total. The van der Waals surface area contributed by atoms with E-state index >= 15 is 0 Å². The Morgan fingerprint density at radius 1 is 0.911 bits per heavy atom. The Morgan fingerprint density at radius 3 is 2.20 bits per heavy atom. The number of halogens is 3. The van der Waals surface area contributed by atoms with Crippen molar-refractivity contribution in [2.45, 2.75) is 31.4 Å². The van der Waals surface area contributed by atoms with E-state index in [1.54, 1.807) is 37.4 Å². The van der Waals surface area contributed by atoms with Crippen molar-refractivity contribution in [1.29, 1.82) is 0 Å². The molecule has 2 aliphatic carbocycles. The first-order valence-electron chi connectivity index (χ1n) is 14.5. The molecule has 4 unspecified atom stereocenters. The number of carbonyl (C=O) groups excluding carboxylic acids is 1. The van der Waals surface area contributed by atoms with E-state index in [0.29, 0.717) is 79.7 Å². The molecule has 0 aliphatic heterocycles. The fraction of sp³-hybridized carbons (Fsp3) is 0.452. The Morgan fingerprint density at radius 2 is 1.58 bits per heavy atom. The zero-order valence-electron chi connectivity index (χ0n) is 24.7. The average Bonchev–Trinajstić information content (AvgIpc) is 3.00. The standard InChI is InChI=1S/C25H27F3N4O5.C6H10O2/c1-34-11-12-36-14-13-35-10-9-29-24(33)19-4-2-3-18(15-19)22-16-23(31-17-30-22)32-20-5-7-21(8-6-20)37-25(26,27)28;7-5-3-1-2-4(3)6(5)8/h2-8,15-17H,9-14H2,1H3,(H,29,33)(H,30,31,32);3-8H,1-2H2. The van der Waals surface area contributed by atoms with Crippen molar-refractivity contribution in [3.8, 4) is 17.0 Å². The van der Waals surface area contributed by atoms with Crippen molar-refractivity contribution < 1.29 is 47.1 Å². The van der Waals surface area contributed by atoms with Gasteiger partial charge in [-0.2, -0.15) is 0 Å². The number of fused-ring (bicyclic) bond motifs is 1. The number of rotatable bonds is 14. The van der Waals surface area contributed by atoms with Crippen molar-refractivity contribution in [2.24, 2.45) is 11.8 Å². The smallest absolute Gasteiger partial charge is 0.406 e. The van der Waals surface area contributed by atoms with Crippen LogP contribution in [0.4, 0.5) is 24.7 Å². The Kier molecular flexibility index (Phi) is 12.5. The van der Waals surface area contributed by atoms with Crippen LogP contribution < -0.4 is 15.4 Å². The fourth-order valence-electron chi connectivity index (χ4n) is 4.85. The van der Waals surface area contributed by atoms with Crippen LogP contribution in [-0.2, 0) is 14.2 Å². The molecule has 2 aromatic carbocycles. The van der Waals surface area contributed by atoms with Crippen LogP contribution in [0.15, 0.2) is 60.9 Å². The molecule has 0 spiro atoms. The minimum atomic E-state index is -4.75. The van der Waals surface area contributed by atoms with E-state index in [9.17, 15) is 18.0 Å². The highest BCUT2D eigenvalue weighted by Gasteiger charge is 2.54. The molecule has 4 N–H and O–H groups in total. The Bertz CT molecular complexity index is 1340. The summed E-state index contributed by atoms with van der Waals surface area (Å²) in [7, 11) is 1.60. The molecular weight excluding hydrogens is 597 g/mol. The highest BCUT2D eigenvalue weighted by atomic mass is 19.4. The summed E-state index contributed by atoms with van der Waals surface area (Å²) in [5.41, 5.74) is 2.21. The van der Waals surface area contributed by atoms with Gasteiger partial charge in [0.25, 0.3) is 5.91 Å². The highest BCUT2D eigenvalue weighted by molar-refractivity contribution is 5.95. The number of ether oxygens (including phenoxy) is 4. The predicted molar refractivity (Wildman–Crippen MR) is 158 cm³/mol. The Hall–Kier alpha value is -3.82. The number of amides is 1. The second-order valence-electron chi connectivity index (χ2n) is 10.4. The van der Waals surface area contributed by atoms with Gasteiger partial charge in [-0.05, 0) is 61.1 Å². The molecule has 4 atom stereocenters. The van der Waals surface area contributed by atoms with Crippen molar-refractivity contribution in [1.82, 2.24) is 15.3 Å². The first kappa shape index (κ1) is 34.1. The molecule has 1 heterocycles. The van der Waals surface area contributed by atoms with E-state index in [1.807, 2.05) is 0 Å². The maximum Gasteiger partial charge on any atom is 0.573 e. The topological polar surface area (TPSA) is 144 Å². The number of hydrogen-bond acceptors (Lipinski definition) is 10. The van der Waals surface area contributed by atoms with Gasteiger partial charge in [0.15, 0.2) is 0 Å². The minimum Gasteiger partial charge on any atom is -0.406 e. The van der Waals surface area contributed by atoms with Gasteiger partial charge in [-0.1, -0.05) is 12.1 Å². The van der Waals surface area contributed by atoms with Gasteiger partial charge in [-0.15, -0.1) is 13.2 Å². The summed E-state index contributed by atoms with van der Waals surface area (Å²) in [6.45, 7) is 2.60. The van der Waals surface area contributed by atoms with Gasteiger partial charge in [0.1, 0.15) is 17.9 Å². The van der Waals surface area contributed by atoms with Crippen LogP contribution in [0.25, 0.3) is 11.3 Å². The number of carbonyl (C=O) groups is 1. The van der Waals surface area contributed by atoms with E-state index in [1.165, 1.54) is 30.6 Å². The van der Waals surface area contributed by atoms with Crippen LogP contribution in [0.3, 0.4) is 0 Å². The molecule has 1 amide bonds. The van der Waals surface area contributed by atoms with Crippen molar-refractivity contribution in [3.63, 3.8) is 0 Å².